The lowest BCUT2D eigenvalue weighted by atomic mass is 9.44. The number of aromatic nitrogens is 1. The van der Waals surface area contributed by atoms with Gasteiger partial charge in [-0.25, -0.2) is 0 Å². The predicted octanol–water partition coefficient (Wildman–Crippen LogP) is 16.1. The zero-order valence-corrected chi connectivity index (χ0v) is 40.7. The minimum atomic E-state index is -0.150. The molecule has 0 amide bonds. The van der Waals surface area contributed by atoms with E-state index >= 15 is 0 Å². The summed E-state index contributed by atoms with van der Waals surface area (Å²) in [5, 5.41) is 16.7. The van der Waals surface area contributed by atoms with Crippen LogP contribution in [0.1, 0.15) is 16.7 Å². The molecule has 15 rings (SSSR count). The molecule has 0 atom stereocenters. The van der Waals surface area contributed by atoms with Gasteiger partial charge in [-0.1, -0.05) is 191 Å². The quantitative estimate of drug-likeness (QED) is 0.0878. The highest BCUT2D eigenvalue weighted by Gasteiger charge is 2.44. The van der Waals surface area contributed by atoms with E-state index in [1.165, 1.54) is 142 Å². The Kier molecular flexibility index (Phi) is 9.04. The third kappa shape index (κ3) is 5.92. The van der Waals surface area contributed by atoms with E-state index in [2.05, 4.69) is 234 Å². The molecule has 0 radical (unpaired) electrons. The minimum absolute atomic E-state index is 0.150. The van der Waals surface area contributed by atoms with Crippen LogP contribution in [0.4, 0.5) is 17.1 Å². The van der Waals surface area contributed by atoms with Crippen LogP contribution in [-0.4, -0.2) is 23.9 Å². The molecule has 13 aromatic rings. The molecule has 0 spiro atoms. The second-order valence-corrected chi connectivity index (χ2v) is 20.9. The smallest absolute Gasteiger partial charge is 0.333 e. The van der Waals surface area contributed by atoms with Crippen molar-refractivity contribution in [2.75, 3.05) is 4.90 Å². The summed E-state index contributed by atoms with van der Waals surface area (Å²) in [4.78, 5) is 2.62. The van der Waals surface area contributed by atoms with Gasteiger partial charge < -0.3 is 9.38 Å². The summed E-state index contributed by atoms with van der Waals surface area (Å²) in [5.41, 5.74) is 17.8. The van der Waals surface area contributed by atoms with E-state index in [4.69, 9.17) is 0 Å². The molecule has 71 heavy (non-hydrogen) atoms. The van der Waals surface area contributed by atoms with Gasteiger partial charge in [0, 0.05) is 55.9 Å². The highest BCUT2D eigenvalue weighted by Crippen LogP contribution is 2.52. The maximum absolute atomic E-state index is 4.46. The van der Waals surface area contributed by atoms with E-state index in [1.807, 2.05) is 0 Å². The summed E-state index contributed by atoms with van der Waals surface area (Å²) in [5.74, 6) is 0. The van der Waals surface area contributed by atoms with Gasteiger partial charge in [-0.3, -0.25) is 0 Å². The van der Waals surface area contributed by atoms with Crippen molar-refractivity contribution in [3.05, 3.63) is 229 Å². The van der Waals surface area contributed by atoms with E-state index < -0.39 is 0 Å². The molecular formula is C66H43BN2P2. The Morgan fingerprint density at radius 3 is 1.85 bits per heavy atom. The predicted molar refractivity (Wildman–Crippen MR) is 314 cm³/mol. The highest BCUT2D eigenvalue weighted by molar-refractivity contribution is 7.45. The number of rotatable bonds is 7. The molecular weight excluding hydrogens is 893 g/mol. The first-order valence-electron chi connectivity index (χ1n) is 24.5. The van der Waals surface area contributed by atoms with Crippen molar-refractivity contribution in [3.63, 3.8) is 0 Å². The average molecular weight is 937 g/mol. The number of benzene rings is 12. The number of nitrogens with zero attached hydrogens (tertiary/aromatic N) is 2. The van der Waals surface area contributed by atoms with Gasteiger partial charge in [0.25, 0.3) is 0 Å². The molecule has 2 nitrogen and oxygen atoms in total. The monoisotopic (exact) mass is 936 g/mol. The van der Waals surface area contributed by atoms with Crippen LogP contribution in [0.2, 0.25) is 0 Å². The van der Waals surface area contributed by atoms with Gasteiger partial charge >= 0.3 is 6.85 Å². The summed E-state index contributed by atoms with van der Waals surface area (Å²) < 4.78 is 2.76. The van der Waals surface area contributed by atoms with Crippen molar-refractivity contribution in [2.45, 2.75) is 12.6 Å². The Labute approximate surface area is 415 Å². The molecule has 0 unspecified atom stereocenters. The van der Waals surface area contributed by atoms with Crippen LogP contribution in [0.25, 0.3) is 97.9 Å². The number of anilines is 3. The largest absolute Gasteiger partial charge is 0.375 e. The van der Waals surface area contributed by atoms with Gasteiger partial charge in [0.2, 0.25) is 0 Å². The van der Waals surface area contributed by atoms with E-state index in [1.54, 1.807) is 0 Å². The number of hydrogen-bond donors (Lipinski definition) is 0. The average Bonchev–Trinajstić information content (AvgIpc) is 3.79. The third-order valence-electron chi connectivity index (χ3n) is 15.7. The van der Waals surface area contributed by atoms with E-state index in [0.29, 0.717) is 0 Å². The lowest BCUT2D eigenvalue weighted by Crippen LogP contribution is -2.56. The summed E-state index contributed by atoms with van der Waals surface area (Å²) in [6.45, 7) is -0.150. The molecule has 0 bridgehead atoms. The molecule has 0 aliphatic carbocycles. The van der Waals surface area contributed by atoms with Crippen molar-refractivity contribution in [3.8, 4) is 22.3 Å². The van der Waals surface area contributed by atoms with Crippen molar-refractivity contribution in [1.29, 1.82) is 0 Å². The summed E-state index contributed by atoms with van der Waals surface area (Å²) >= 11 is 0. The molecule has 5 heteroatoms. The van der Waals surface area contributed by atoms with E-state index in [-0.39, 0.29) is 6.85 Å². The Hall–Kier alpha value is -8.06. The summed E-state index contributed by atoms with van der Waals surface area (Å²) in [7, 11) is 2.06. The number of hydrogen-bond acceptors (Lipinski definition) is 1. The van der Waals surface area contributed by atoms with Crippen molar-refractivity contribution >= 4 is 145 Å². The van der Waals surface area contributed by atoms with Crippen LogP contribution in [0.15, 0.2) is 212 Å². The molecule has 0 saturated heterocycles. The maximum Gasteiger partial charge on any atom is 0.333 e. The Morgan fingerprint density at radius 1 is 0.465 bits per heavy atom. The molecule has 12 aromatic carbocycles. The first kappa shape index (κ1) is 40.8. The summed E-state index contributed by atoms with van der Waals surface area (Å²) in [6.07, 6.45) is 10.6. The molecule has 3 heterocycles. The third-order valence-corrected chi connectivity index (χ3v) is 16.8. The lowest BCUT2D eigenvalue weighted by molar-refractivity contribution is 1.23. The fourth-order valence-electron chi connectivity index (χ4n) is 12.8. The van der Waals surface area contributed by atoms with Crippen LogP contribution in [0.3, 0.4) is 0 Å². The molecule has 0 N–H and O–H groups in total. The second-order valence-electron chi connectivity index (χ2n) is 19.3. The molecule has 1 aromatic heterocycles. The minimum Gasteiger partial charge on any atom is -0.375 e. The van der Waals surface area contributed by atoms with Crippen molar-refractivity contribution < 1.29 is 0 Å². The van der Waals surface area contributed by atoms with Crippen molar-refractivity contribution in [1.82, 2.24) is 4.48 Å². The molecule has 0 saturated carbocycles. The van der Waals surface area contributed by atoms with Crippen LogP contribution in [-0.2, 0) is 12.6 Å². The van der Waals surface area contributed by atoms with Gasteiger partial charge in [0.1, 0.15) is 0 Å². The van der Waals surface area contributed by atoms with Gasteiger partial charge in [0.05, 0.1) is 0 Å². The van der Waals surface area contributed by atoms with Gasteiger partial charge in [0.15, 0.2) is 0 Å². The fourth-order valence-corrected chi connectivity index (χ4v) is 13.8. The van der Waals surface area contributed by atoms with E-state index in [0.717, 1.165) is 34.7 Å². The molecule has 2 aliphatic heterocycles. The van der Waals surface area contributed by atoms with Gasteiger partial charge in [-0.2, -0.15) is 0 Å². The Balaban J connectivity index is 1.17. The Bertz CT molecular complexity index is 4460. The first-order valence-corrected chi connectivity index (χ1v) is 26.9. The summed E-state index contributed by atoms with van der Waals surface area (Å²) in [6, 6.07) is 80.3. The van der Waals surface area contributed by atoms with E-state index in [9.17, 15) is 0 Å². The van der Waals surface area contributed by atoms with Crippen molar-refractivity contribution in [2.24, 2.45) is 0 Å². The van der Waals surface area contributed by atoms with Crippen LogP contribution in [0.5, 0.6) is 0 Å². The van der Waals surface area contributed by atoms with Crippen LogP contribution in [0, 0.1) is 0 Å². The highest BCUT2D eigenvalue weighted by atomic mass is 31.1. The molecule has 330 valence electrons. The zero-order valence-electron chi connectivity index (χ0n) is 38.9. The van der Waals surface area contributed by atoms with Crippen LogP contribution >= 0.6 is 16.4 Å². The Morgan fingerprint density at radius 2 is 1.10 bits per heavy atom. The first-order chi connectivity index (χ1) is 35.1. The van der Waals surface area contributed by atoms with Gasteiger partial charge in [-0.05, 0) is 147 Å². The maximum atomic E-state index is 4.46. The lowest BCUT2D eigenvalue weighted by Gasteiger charge is -2.41. The molecule has 0 fully saturated rings. The van der Waals surface area contributed by atoms with Gasteiger partial charge in [-0.15, -0.1) is 8.20 Å². The van der Waals surface area contributed by atoms with Crippen LogP contribution < -0.4 is 21.1 Å². The zero-order chi connectivity index (χ0) is 46.9. The standard InChI is InChI=1S/C66H43BN2P2/c1-70-39-57-52-28-16-15-27-51(52)53(31-40-17-5-3-6-18-40)54-37-58-60(38-55(54)57)68(46-32-45(33-47(36-46)71-2)41-19-7-4-8-20-41)61-35-44-23-11-13-25-49(44)62-56-34-43-22-10-14-26-50(43)64-63-48-24-12-9-21-42(48)29-30-59(63)69(66(56)64)67(58)65(61)62/h3-30,32-38H,1-2,31,39H2. The SMILES string of the molecule is C=PCc1c2ccccc2c(Cc2ccccc2)c2cc3c(cc12)N(c1cc(P=C)cc(-c2ccccc2)c1)c1cc2ccccc2c2c1B3n1c3ccc4ccccc4c3c3c4ccccc4cc-2c31. The topological polar surface area (TPSA) is 8.17 Å². The normalized spacial score (nSPS) is 12.9. The number of fused-ring (bicyclic) bond motifs is 15. The molecule has 2 aliphatic rings. The second kappa shape index (κ2) is 15.7. The fraction of sp³-hybridized carbons (Fsp3) is 0.0303.